The Morgan fingerprint density at radius 1 is 0.576 bits per heavy atom. The molecule has 0 amide bonds. The Morgan fingerprint density at radius 2 is 0.909 bits per heavy atom. The van der Waals surface area contributed by atoms with Crippen LogP contribution in [-0.2, 0) is 8.85 Å². The SMILES string of the molecule is CCC(SSSSSSSC(CC)[Si](C)(C)OC1CCCCC1)[Si](C)(C)OC1CCCCC1. The molecule has 0 radical (unpaired) electrons. The summed E-state index contributed by atoms with van der Waals surface area (Å²) in [5.41, 5.74) is 0. The van der Waals surface area contributed by atoms with Crippen molar-refractivity contribution in [1.82, 2.24) is 0 Å². The van der Waals surface area contributed by atoms with E-state index in [0.717, 1.165) is 0 Å². The fraction of sp³-hybridized carbons (Fsp3) is 1.00. The summed E-state index contributed by atoms with van der Waals surface area (Å²) in [7, 11) is 10.5. The van der Waals surface area contributed by atoms with Crippen LogP contribution in [0, 0.1) is 0 Å². The normalized spacial score (nSPS) is 21.3. The highest BCUT2D eigenvalue weighted by atomic mass is 33.9. The van der Waals surface area contributed by atoms with Gasteiger partial charge in [0.25, 0.3) is 0 Å². The minimum atomic E-state index is -1.66. The molecule has 2 aliphatic rings. The minimum Gasteiger partial charge on any atom is -0.413 e. The monoisotopic (exact) mass is 622 g/mol. The Bertz CT molecular complexity index is 475. The average molecular weight is 623 g/mol. The highest BCUT2D eigenvalue weighted by Gasteiger charge is 2.37. The predicted molar refractivity (Wildman–Crippen MR) is 172 cm³/mol. The van der Waals surface area contributed by atoms with Crippen LogP contribution in [0.25, 0.3) is 0 Å². The average Bonchev–Trinajstić information content (AvgIpc) is 2.78. The van der Waals surface area contributed by atoms with Gasteiger partial charge in [-0.05, 0) is 114 Å². The van der Waals surface area contributed by atoms with E-state index >= 15 is 0 Å². The van der Waals surface area contributed by atoms with Crippen molar-refractivity contribution in [2.45, 2.75) is 139 Å². The Balaban J connectivity index is 1.61. The van der Waals surface area contributed by atoms with Gasteiger partial charge in [-0.3, -0.25) is 0 Å². The van der Waals surface area contributed by atoms with Crippen molar-refractivity contribution >= 4 is 87.4 Å². The van der Waals surface area contributed by atoms with Crippen LogP contribution >= 0.6 is 70.7 Å². The van der Waals surface area contributed by atoms with Gasteiger partial charge in [-0.25, -0.2) is 0 Å². The Labute approximate surface area is 233 Å². The molecule has 0 spiro atoms. The Kier molecular flexibility index (Phi) is 16.9. The lowest BCUT2D eigenvalue weighted by molar-refractivity contribution is 0.144. The lowest BCUT2D eigenvalue weighted by Crippen LogP contribution is -2.45. The molecule has 2 unspecified atom stereocenters. The molecule has 33 heavy (non-hydrogen) atoms. The van der Waals surface area contributed by atoms with Gasteiger partial charge in [-0.1, -0.05) is 74.0 Å². The Hall–Kier alpha value is 2.80. The summed E-state index contributed by atoms with van der Waals surface area (Å²) in [6.45, 7) is 14.4. The molecule has 0 heterocycles. The van der Waals surface area contributed by atoms with Crippen molar-refractivity contribution in [2.24, 2.45) is 0 Å². The Morgan fingerprint density at radius 3 is 1.24 bits per heavy atom. The molecule has 0 aromatic carbocycles. The van der Waals surface area contributed by atoms with Gasteiger partial charge in [-0.15, -0.1) is 0 Å². The van der Waals surface area contributed by atoms with E-state index in [2.05, 4.69) is 61.6 Å². The number of hydrogen-bond acceptors (Lipinski definition) is 9. The van der Waals surface area contributed by atoms with E-state index in [1.807, 2.05) is 49.1 Å². The zero-order valence-corrected chi connectivity index (χ0v) is 29.2. The first kappa shape index (κ1) is 32.0. The van der Waals surface area contributed by atoms with Crippen molar-refractivity contribution < 1.29 is 8.85 Å². The first-order valence-corrected chi connectivity index (χ1v) is 27.7. The first-order chi connectivity index (χ1) is 15.8. The lowest BCUT2D eigenvalue weighted by Gasteiger charge is -2.36. The second-order valence-electron chi connectivity index (χ2n) is 10.3. The molecule has 2 aliphatic carbocycles. The van der Waals surface area contributed by atoms with Crippen molar-refractivity contribution in [3.63, 3.8) is 0 Å². The van der Waals surface area contributed by atoms with E-state index in [-0.39, 0.29) is 0 Å². The molecule has 2 rings (SSSR count). The summed E-state index contributed by atoms with van der Waals surface area (Å²) in [5.74, 6) is 0. The maximum Gasteiger partial charge on any atom is 0.200 e. The molecule has 2 fully saturated rings. The van der Waals surface area contributed by atoms with Crippen LogP contribution in [0.2, 0.25) is 26.2 Å². The van der Waals surface area contributed by atoms with Gasteiger partial charge in [0.05, 0.1) is 0 Å². The molecule has 0 aromatic rings. The predicted octanol–water partition coefficient (Wildman–Crippen LogP) is 11.4. The topological polar surface area (TPSA) is 18.5 Å². The van der Waals surface area contributed by atoms with E-state index in [9.17, 15) is 0 Å². The van der Waals surface area contributed by atoms with Gasteiger partial charge in [-0.2, -0.15) is 0 Å². The molecule has 0 saturated heterocycles. The summed E-state index contributed by atoms with van der Waals surface area (Å²) < 4.78 is 13.4. The lowest BCUT2D eigenvalue weighted by atomic mass is 9.98. The maximum absolute atomic E-state index is 6.72. The molecule has 0 bridgehead atoms. The molecule has 0 N–H and O–H groups in total. The van der Waals surface area contributed by atoms with E-state index < -0.39 is 16.6 Å². The largest absolute Gasteiger partial charge is 0.413 e. The van der Waals surface area contributed by atoms with Crippen LogP contribution < -0.4 is 0 Å². The summed E-state index contributed by atoms with van der Waals surface area (Å²) in [6, 6.07) is 0. The van der Waals surface area contributed by atoms with Crippen molar-refractivity contribution in [3.05, 3.63) is 0 Å². The quantitative estimate of drug-likeness (QED) is 0.0942. The molecule has 2 saturated carbocycles. The zero-order chi connectivity index (χ0) is 24.2. The van der Waals surface area contributed by atoms with E-state index in [1.54, 1.807) is 0 Å². The van der Waals surface area contributed by atoms with Crippen LogP contribution in [0.4, 0.5) is 0 Å². The van der Waals surface area contributed by atoms with E-state index in [4.69, 9.17) is 8.85 Å². The van der Waals surface area contributed by atoms with Gasteiger partial charge in [0.2, 0.25) is 16.6 Å². The first-order valence-electron chi connectivity index (χ1n) is 12.8. The fourth-order valence-electron chi connectivity index (χ4n) is 4.89. The number of hydrogen-bond donors (Lipinski definition) is 0. The third-order valence-electron chi connectivity index (χ3n) is 6.76. The molecule has 0 aromatic heterocycles. The molecular weight excluding hydrogens is 577 g/mol. The third-order valence-corrected chi connectivity index (χ3v) is 31.2. The highest BCUT2D eigenvalue weighted by Crippen LogP contribution is 2.57. The van der Waals surface area contributed by atoms with Crippen LogP contribution in [0.3, 0.4) is 0 Å². The van der Waals surface area contributed by atoms with Crippen molar-refractivity contribution in [2.75, 3.05) is 0 Å². The standard InChI is InChI=1S/C22H46O2S7Si2/c1-7-21(32(3,4)23-19-15-11-9-12-16-19)25-27-29-31-30-28-26-22(8-2)33(5,6)24-20-17-13-10-14-18-20/h19-22H,7-18H2,1-6H3. The van der Waals surface area contributed by atoms with Gasteiger partial charge in [0.1, 0.15) is 0 Å². The molecule has 11 heteroatoms. The van der Waals surface area contributed by atoms with Gasteiger partial charge < -0.3 is 8.85 Å². The molecule has 0 aliphatic heterocycles. The van der Waals surface area contributed by atoms with Crippen molar-refractivity contribution in [1.29, 1.82) is 0 Å². The maximum atomic E-state index is 6.72. The molecule has 196 valence electrons. The van der Waals surface area contributed by atoms with Crippen molar-refractivity contribution in [3.8, 4) is 0 Å². The number of rotatable bonds is 16. The summed E-state index contributed by atoms with van der Waals surface area (Å²) in [5, 5.41) is 0. The zero-order valence-electron chi connectivity index (χ0n) is 21.5. The van der Waals surface area contributed by atoms with Crippen LogP contribution in [0.5, 0.6) is 0 Å². The summed E-state index contributed by atoms with van der Waals surface area (Å²) in [4.78, 5) is 1.33. The van der Waals surface area contributed by atoms with Gasteiger partial charge in [0.15, 0.2) is 0 Å². The minimum absolute atomic E-state index is 0.535. The van der Waals surface area contributed by atoms with Crippen LogP contribution in [0.1, 0.15) is 90.9 Å². The van der Waals surface area contributed by atoms with Gasteiger partial charge in [0, 0.05) is 22.0 Å². The van der Waals surface area contributed by atoms with E-state index in [0.29, 0.717) is 22.0 Å². The third kappa shape index (κ3) is 12.5. The summed E-state index contributed by atoms with van der Waals surface area (Å²) >= 11 is 0. The molecule has 2 atom stereocenters. The highest BCUT2D eigenvalue weighted by molar-refractivity contribution is 9.46. The molecular formula is C22H46O2S7Si2. The van der Waals surface area contributed by atoms with Crippen LogP contribution in [0.15, 0.2) is 0 Å². The van der Waals surface area contributed by atoms with E-state index in [1.165, 1.54) is 77.0 Å². The van der Waals surface area contributed by atoms with Crippen LogP contribution in [-0.4, -0.2) is 38.6 Å². The second-order valence-corrected chi connectivity index (χ2v) is 30.9. The fourth-order valence-corrected chi connectivity index (χ4v) is 32.2. The van der Waals surface area contributed by atoms with Gasteiger partial charge >= 0.3 is 0 Å². The molecule has 2 nitrogen and oxygen atoms in total. The smallest absolute Gasteiger partial charge is 0.200 e. The second kappa shape index (κ2) is 17.4. The summed E-state index contributed by atoms with van der Waals surface area (Å²) in [6.07, 6.45) is 16.9.